The minimum atomic E-state index is -1.25. The standard InChI is InChI=1S/C39H29Cl2NO2/c40-29-18-14-24(15-19-29)23-28-11-6-22-38(36(28)43)34(26-16-20-30(41)21-17-26)35(27-7-2-1-3-8-27)42-39(38)32-13-5-10-25-9-4-12-31(33(25)32)37(39)44/h1-5,7-10,12-21,23,34-35,42H,6,11,22H2/b28-23+/t34-,35-,38-,39-/m0/s1. The number of halogens is 2. The molecule has 0 bridgehead atoms. The Kier molecular flexibility index (Phi) is 6.43. The van der Waals surface area contributed by atoms with Crippen LogP contribution in [0.2, 0.25) is 10.0 Å². The molecule has 5 aromatic carbocycles. The van der Waals surface area contributed by atoms with Gasteiger partial charge in [-0.15, -0.1) is 0 Å². The van der Waals surface area contributed by atoms with E-state index in [4.69, 9.17) is 23.2 Å². The van der Waals surface area contributed by atoms with Gasteiger partial charge in [0.15, 0.2) is 11.6 Å². The number of hydrogen-bond donors (Lipinski definition) is 1. The van der Waals surface area contributed by atoms with Crippen molar-refractivity contribution in [3.05, 3.63) is 159 Å². The molecule has 1 aliphatic heterocycles. The van der Waals surface area contributed by atoms with Gasteiger partial charge in [-0.25, -0.2) is 0 Å². The third-order valence-electron chi connectivity index (χ3n) is 10.1. The van der Waals surface area contributed by atoms with Gasteiger partial charge < -0.3 is 0 Å². The third-order valence-corrected chi connectivity index (χ3v) is 10.6. The molecular formula is C39H29Cl2NO2. The molecule has 0 aromatic heterocycles. The van der Waals surface area contributed by atoms with Crippen molar-refractivity contribution >= 4 is 51.6 Å². The largest absolute Gasteiger partial charge is 0.294 e. The second kappa shape index (κ2) is 10.3. The zero-order valence-electron chi connectivity index (χ0n) is 23.9. The maximum absolute atomic E-state index is 15.5. The fourth-order valence-corrected chi connectivity index (χ4v) is 8.68. The van der Waals surface area contributed by atoms with Crippen molar-refractivity contribution in [2.24, 2.45) is 5.41 Å². The summed E-state index contributed by atoms with van der Waals surface area (Å²) in [4.78, 5) is 30.7. The number of carbonyl (C=O) groups is 2. The smallest absolute Gasteiger partial charge is 0.189 e. The van der Waals surface area contributed by atoms with Crippen molar-refractivity contribution < 1.29 is 9.59 Å². The Balaban J connectivity index is 1.44. The number of ketones is 2. The van der Waals surface area contributed by atoms with Crippen molar-refractivity contribution in [2.75, 3.05) is 0 Å². The predicted octanol–water partition coefficient (Wildman–Crippen LogP) is 9.49. The van der Waals surface area contributed by atoms with Crippen molar-refractivity contribution in [1.29, 1.82) is 0 Å². The van der Waals surface area contributed by atoms with Crippen LogP contribution in [0.4, 0.5) is 0 Å². The summed E-state index contributed by atoms with van der Waals surface area (Å²) >= 11 is 12.6. The molecule has 1 N–H and O–H groups in total. The number of hydrogen-bond acceptors (Lipinski definition) is 3. The molecule has 5 heteroatoms. The van der Waals surface area contributed by atoms with Gasteiger partial charge in [0, 0.05) is 27.6 Å². The van der Waals surface area contributed by atoms with Gasteiger partial charge >= 0.3 is 0 Å². The van der Waals surface area contributed by atoms with Gasteiger partial charge in [-0.1, -0.05) is 114 Å². The molecule has 44 heavy (non-hydrogen) atoms. The van der Waals surface area contributed by atoms with Crippen molar-refractivity contribution in [3.8, 4) is 0 Å². The van der Waals surface area contributed by atoms with Crippen LogP contribution < -0.4 is 5.32 Å². The second-order valence-corrected chi connectivity index (χ2v) is 13.1. The van der Waals surface area contributed by atoms with E-state index in [2.05, 4.69) is 35.6 Å². The highest BCUT2D eigenvalue weighted by Crippen LogP contribution is 2.68. The normalized spacial score (nSPS) is 26.8. The van der Waals surface area contributed by atoms with E-state index in [1.54, 1.807) is 0 Å². The Labute approximate surface area is 266 Å². The molecule has 0 radical (unpaired) electrons. The van der Waals surface area contributed by atoms with Gasteiger partial charge in [-0.3, -0.25) is 14.9 Å². The molecule has 2 aliphatic carbocycles. The number of carbonyl (C=O) groups excluding carboxylic acids is 2. The molecule has 0 unspecified atom stereocenters. The Hall–Kier alpha value is -4.02. The Bertz CT molecular complexity index is 1980. The molecule has 1 saturated carbocycles. The van der Waals surface area contributed by atoms with Crippen LogP contribution in [0.5, 0.6) is 0 Å². The quantitative estimate of drug-likeness (QED) is 0.206. The lowest BCUT2D eigenvalue weighted by Crippen LogP contribution is -2.59. The van der Waals surface area contributed by atoms with Crippen molar-refractivity contribution in [1.82, 2.24) is 5.32 Å². The first-order chi connectivity index (χ1) is 21.4. The first-order valence-corrected chi connectivity index (χ1v) is 15.9. The van der Waals surface area contributed by atoms with E-state index < -0.39 is 11.0 Å². The maximum Gasteiger partial charge on any atom is 0.189 e. The highest BCUT2D eigenvalue weighted by atomic mass is 35.5. The van der Waals surface area contributed by atoms with Crippen LogP contribution in [0.3, 0.4) is 0 Å². The number of allylic oxidation sites excluding steroid dienone is 1. The Morgan fingerprint density at radius 3 is 2.11 bits per heavy atom. The topological polar surface area (TPSA) is 46.2 Å². The van der Waals surface area contributed by atoms with Gasteiger partial charge in [-0.2, -0.15) is 0 Å². The lowest BCUT2D eigenvalue weighted by atomic mass is 9.52. The summed E-state index contributed by atoms with van der Waals surface area (Å²) in [6.45, 7) is 0. The highest BCUT2D eigenvalue weighted by molar-refractivity contribution is 6.31. The fraction of sp³-hybridized carbons (Fsp3) is 0.179. The van der Waals surface area contributed by atoms with Crippen molar-refractivity contribution in [3.63, 3.8) is 0 Å². The van der Waals surface area contributed by atoms with E-state index in [1.165, 1.54) is 0 Å². The summed E-state index contributed by atoms with van der Waals surface area (Å²) in [5, 5.41) is 7.17. The number of benzene rings is 5. The summed E-state index contributed by atoms with van der Waals surface area (Å²) in [6.07, 6.45) is 3.99. The van der Waals surface area contributed by atoms with Crippen LogP contribution in [-0.2, 0) is 10.3 Å². The van der Waals surface area contributed by atoms with E-state index in [-0.39, 0.29) is 23.5 Å². The molecule has 5 aromatic rings. The molecule has 3 aliphatic rings. The number of fused-ring (bicyclic) bond motifs is 2. The number of rotatable bonds is 3. The van der Waals surface area contributed by atoms with Crippen molar-refractivity contribution in [2.45, 2.75) is 36.8 Å². The van der Waals surface area contributed by atoms with E-state index >= 15 is 9.59 Å². The molecule has 216 valence electrons. The molecule has 1 saturated heterocycles. The van der Waals surface area contributed by atoms with Crippen LogP contribution in [0, 0.1) is 5.41 Å². The van der Waals surface area contributed by atoms with E-state index in [1.807, 2.05) is 91.0 Å². The van der Waals surface area contributed by atoms with Crippen LogP contribution in [-0.4, -0.2) is 11.6 Å². The maximum atomic E-state index is 15.5. The molecule has 8 rings (SSSR count). The molecule has 1 heterocycles. The van der Waals surface area contributed by atoms with Crippen LogP contribution in [0.25, 0.3) is 16.8 Å². The SMILES string of the molecule is O=C1c2cccc3cccc(c23)[C@]12N[C@@H](c1ccccc1)[C@H](c1ccc(Cl)cc1)[C@]21CCC/C(=C\c2ccc(Cl)cc2)C1=O. The molecular weight excluding hydrogens is 585 g/mol. The first-order valence-electron chi connectivity index (χ1n) is 15.1. The molecule has 2 spiro atoms. The summed E-state index contributed by atoms with van der Waals surface area (Å²) in [6, 6.07) is 37.4. The van der Waals surface area contributed by atoms with E-state index in [9.17, 15) is 0 Å². The zero-order valence-corrected chi connectivity index (χ0v) is 25.4. The second-order valence-electron chi connectivity index (χ2n) is 12.2. The first kappa shape index (κ1) is 27.5. The number of nitrogens with one attached hydrogen (secondary N) is 1. The monoisotopic (exact) mass is 613 g/mol. The molecule has 3 nitrogen and oxygen atoms in total. The molecule has 4 atom stereocenters. The minimum Gasteiger partial charge on any atom is -0.294 e. The Morgan fingerprint density at radius 2 is 1.39 bits per heavy atom. The van der Waals surface area contributed by atoms with Gasteiger partial charge in [-0.05, 0) is 88.2 Å². The average molecular weight is 615 g/mol. The van der Waals surface area contributed by atoms with Gasteiger partial charge in [0.1, 0.15) is 5.54 Å². The summed E-state index contributed by atoms with van der Waals surface area (Å²) in [5.74, 6) is -0.331. The lowest BCUT2D eigenvalue weighted by Gasteiger charge is -2.47. The van der Waals surface area contributed by atoms with E-state index in [0.717, 1.165) is 45.0 Å². The molecule has 2 fully saturated rings. The lowest BCUT2D eigenvalue weighted by molar-refractivity contribution is -0.130. The van der Waals surface area contributed by atoms with Gasteiger partial charge in [0.25, 0.3) is 0 Å². The van der Waals surface area contributed by atoms with Gasteiger partial charge in [0.2, 0.25) is 0 Å². The summed E-state index contributed by atoms with van der Waals surface area (Å²) in [7, 11) is 0. The minimum absolute atomic E-state index is 0.0252. The zero-order chi connectivity index (χ0) is 30.1. The van der Waals surface area contributed by atoms with Crippen LogP contribution in [0.15, 0.2) is 121 Å². The average Bonchev–Trinajstić information content (AvgIpc) is 3.49. The van der Waals surface area contributed by atoms with Crippen LogP contribution in [0.1, 0.15) is 63.8 Å². The summed E-state index contributed by atoms with van der Waals surface area (Å²) < 4.78 is 0. The summed E-state index contributed by atoms with van der Waals surface area (Å²) in [5.41, 5.74) is 2.92. The van der Waals surface area contributed by atoms with E-state index in [0.29, 0.717) is 28.5 Å². The van der Waals surface area contributed by atoms with Gasteiger partial charge in [0.05, 0.1) is 5.41 Å². The fourth-order valence-electron chi connectivity index (χ4n) is 8.42. The van der Waals surface area contributed by atoms with Crippen LogP contribution >= 0.6 is 23.2 Å². The third kappa shape index (κ3) is 3.80. The highest BCUT2D eigenvalue weighted by Gasteiger charge is 2.73. The molecule has 0 amide bonds. The predicted molar refractivity (Wildman–Crippen MR) is 177 cm³/mol. The number of Topliss-reactive ketones (excluding diaryl/α,β-unsaturated/α-hetero) is 2. The Morgan fingerprint density at radius 1 is 0.705 bits per heavy atom.